The summed E-state index contributed by atoms with van der Waals surface area (Å²) in [5.74, 6) is 1.19. The van der Waals surface area contributed by atoms with E-state index in [1.807, 2.05) is 30.3 Å². The van der Waals surface area contributed by atoms with Gasteiger partial charge in [0.25, 0.3) is 0 Å². The predicted octanol–water partition coefficient (Wildman–Crippen LogP) is 3.18. The van der Waals surface area contributed by atoms with E-state index in [2.05, 4.69) is 11.4 Å². The van der Waals surface area contributed by atoms with Crippen LogP contribution < -0.4 is 14.8 Å². The summed E-state index contributed by atoms with van der Waals surface area (Å²) in [5, 5.41) is 11.4. The van der Waals surface area contributed by atoms with Crippen LogP contribution in [0.3, 0.4) is 0 Å². The molecule has 24 heavy (non-hydrogen) atoms. The Balaban J connectivity index is 1.62. The number of carbonyl (C=O) groups is 1. The van der Waals surface area contributed by atoms with Crippen LogP contribution >= 0.6 is 0 Å². The summed E-state index contributed by atoms with van der Waals surface area (Å²) in [6.07, 6.45) is 3.55. The van der Waals surface area contributed by atoms with Crippen molar-refractivity contribution in [3.63, 3.8) is 0 Å². The van der Waals surface area contributed by atoms with Crippen LogP contribution in [0, 0.1) is 11.3 Å². The molecule has 0 spiro atoms. The molecule has 0 fully saturated rings. The van der Waals surface area contributed by atoms with Crippen LogP contribution in [0.25, 0.3) is 6.08 Å². The maximum Gasteiger partial charge on any atom is 0.248 e. The number of anilines is 1. The van der Waals surface area contributed by atoms with Gasteiger partial charge in [0.2, 0.25) is 5.91 Å². The smallest absolute Gasteiger partial charge is 0.248 e. The van der Waals surface area contributed by atoms with Crippen molar-refractivity contribution in [3.8, 4) is 17.6 Å². The van der Waals surface area contributed by atoms with Gasteiger partial charge < -0.3 is 14.8 Å². The Hall–Kier alpha value is -3.26. The monoisotopic (exact) mass is 320 g/mol. The highest BCUT2D eigenvalue weighted by molar-refractivity contribution is 6.01. The first kappa shape index (κ1) is 15.6. The number of carbonyl (C=O) groups excluding carboxylic acids is 1. The first-order valence-electron chi connectivity index (χ1n) is 7.59. The van der Waals surface area contributed by atoms with Gasteiger partial charge in [-0.05, 0) is 41.5 Å². The van der Waals surface area contributed by atoms with Gasteiger partial charge in [-0.2, -0.15) is 5.26 Å². The number of hydrogen-bond donors (Lipinski definition) is 1. The Morgan fingerprint density at radius 3 is 2.62 bits per heavy atom. The zero-order valence-electron chi connectivity index (χ0n) is 13.0. The molecule has 5 nitrogen and oxygen atoms in total. The third-order valence-corrected chi connectivity index (χ3v) is 3.50. The van der Waals surface area contributed by atoms with E-state index in [0.717, 1.165) is 16.9 Å². The van der Waals surface area contributed by atoms with Gasteiger partial charge in [-0.15, -0.1) is 0 Å². The second-order valence-electron chi connectivity index (χ2n) is 5.26. The topological polar surface area (TPSA) is 71.4 Å². The van der Waals surface area contributed by atoms with Crippen molar-refractivity contribution in [2.24, 2.45) is 0 Å². The summed E-state index contributed by atoms with van der Waals surface area (Å²) < 4.78 is 11.0. The summed E-state index contributed by atoms with van der Waals surface area (Å²) >= 11 is 0. The summed E-state index contributed by atoms with van der Waals surface area (Å²) in [5.41, 5.74) is 2.47. The third kappa shape index (κ3) is 3.93. The Morgan fingerprint density at radius 2 is 1.88 bits per heavy atom. The van der Waals surface area contributed by atoms with E-state index < -0.39 is 0 Å². The number of nitriles is 1. The molecule has 0 saturated heterocycles. The molecule has 0 unspecified atom stereocenters. The molecule has 1 amide bonds. The minimum atomic E-state index is -0.224. The van der Waals surface area contributed by atoms with Gasteiger partial charge >= 0.3 is 0 Å². The van der Waals surface area contributed by atoms with Gasteiger partial charge in [-0.25, -0.2) is 0 Å². The van der Waals surface area contributed by atoms with E-state index in [1.165, 1.54) is 6.08 Å². The molecule has 0 atom stereocenters. The molecule has 1 aliphatic rings. The van der Waals surface area contributed by atoms with Gasteiger partial charge in [0.15, 0.2) is 11.5 Å². The molecular weight excluding hydrogens is 304 g/mol. The standard InChI is InChI=1S/C19H16N2O3/c20-10-9-14-1-5-16(6-2-14)21-19(22)8-4-15-3-7-17-18(13-15)24-12-11-23-17/h1-8,13H,9,11-12H2,(H,21,22)/b8-4+. The van der Waals surface area contributed by atoms with Crippen molar-refractivity contribution in [1.29, 1.82) is 5.26 Å². The van der Waals surface area contributed by atoms with E-state index in [-0.39, 0.29) is 5.91 Å². The molecule has 0 bridgehead atoms. The summed E-state index contributed by atoms with van der Waals surface area (Å²) in [6.45, 7) is 1.08. The Bertz CT molecular complexity index is 804. The van der Waals surface area contributed by atoms with Crippen molar-refractivity contribution in [1.82, 2.24) is 0 Å². The average Bonchev–Trinajstić information content (AvgIpc) is 2.62. The molecule has 0 aromatic heterocycles. The summed E-state index contributed by atoms with van der Waals surface area (Å²) in [7, 11) is 0. The number of rotatable bonds is 4. The quantitative estimate of drug-likeness (QED) is 0.878. The zero-order chi connectivity index (χ0) is 16.8. The number of nitrogens with zero attached hydrogens (tertiary/aromatic N) is 1. The molecule has 120 valence electrons. The van der Waals surface area contributed by atoms with Gasteiger partial charge in [0.05, 0.1) is 12.5 Å². The van der Waals surface area contributed by atoms with Crippen molar-refractivity contribution < 1.29 is 14.3 Å². The lowest BCUT2D eigenvalue weighted by Crippen LogP contribution is -2.15. The van der Waals surface area contributed by atoms with Crippen LogP contribution in [0.4, 0.5) is 5.69 Å². The van der Waals surface area contributed by atoms with Crippen molar-refractivity contribution >= 4 is 17.7 Å². The maximum atomic E-state index is 12.0. The van der Waals surface area contributed by atoms with Gasteiger partial charge in [0.1, 0.15) is 13.2 Å². The Kier molecular flexibility index (Phi) is 4.78. The normalized spacial score (nSPS) is 12.6. The minimum absolute atomic E-state index is 0.224. The van der Waals surface area contributed by atoms with E-state index >= 15 is 0 Å². The van der Waals surface area contributed by atoms with Crippen LogP contribution in [0.2, 0.25) is 0 Å². The number of ether oxygens (including phenoxy) is 2. The third-order valence-electron chi connectivity index (χ3n) is 3.50. The number of fused-ring (bicyclic) bond motifs is 1. The van der Waals surface area contributed by atoms with Crippen LogP contribution in [0.15, 0.2) is 48.5 Å². The molecule has 0 saturated carbocycles. The molecule has 1 aliphatic heterocycles. The minimum Gasteiger partial charge on any atom is -0.486 e. The predicted molar refractivity (Wildman–Crippen MR) is 90.9 cm³/mol. The van der Waals surface area contributed by atoms with Gasteiger partial charge in [0, 0.05) is 11.8 Å². The molecular formula is C19H16N2O3. The molecule has 0 radical (unpaired) electrons. The highest BCUT2D eigenvalue weighted by Gasteiger charge is 2.10. The first-order valence-corrected chi connectivity index (χ1v) is 7.59. The van der Waals surface area contributed by atoms with E-state index in [9.17, 15) is 4.79 Å². The summed E-state index contributed by atoms with van der Waals surface area (Å²) in [6, 6.07) is 14.8. The number of nitrogens with one attached hydrogen (secondary N) is 1. The van der Waals surface area contributed by atoms with Crippen LogP contribution in [-0.4, -0.2) is 19.1 Å². The maximum absolute atomic E-state index is 12.0. The molecule has 5 heteroatoms. The number of amides is 1. The van der Waals surface area contributed by atoms with Crippen molar-refractivity contribution in [3.05, 3.63) is 59.7 Å². The largest absolute Gasteiger partial charge is 0.486 e. The molecule has 0 aliphatic carbocycles. The fraction of sp³-hybridized carbons (Fsp3) is 0.158. The molecule has 2 aromatic carbocycles. The zero-order valence-corrected chi connectivity index (χ0v) is 13.0. The highest BCUT2D eigenvalue weighted by Crippen LogP contribution is 2.31. The lowest BCUT2D eigenvalue weighted by atomic mass is 10.1. The van der Waals surface area contributed by atoms with Crippen LogP contribution in [0.5, 0.6) is 11.5 Å². The van der Waals surface area contributed by atoms with Crippen molar-refractivity contribution in [2.45, 2.75) is 6.42 Å². The van der Waals surface area contributed by atoms with Crippen LogP contribution in [-0.2, 0) is 11.2 Å². The molecule has 1 heterocycles. The van der Waals surface area contributed by atoms with E-state index in [4.69, 9.17) is 14.7 Å². The molecule has 3 rings (SSSR count). The van der Waals surface area contributed by atoms with E-state index in [0.29, 0.717) is 31.1 Å². The Labute approximate surface area is 140 Å². The van der Waals surface area contributed by atoms with Gasteiger partial charge in [-0.3, -0.25) is 4.79 Å². The van der Waals surface area contributed by atoms with Gasteiger partial charge in [-0.1, -0.05) is 18.2 Å². The van der Waals surface area contributed by atoms with E-state index in [1.54, 1.807) is 18.2 Å². The molecule has 1 N–H and O–H groups in total. The lowest BCUT2D eigenvalue weighted by Gasteiger charge is -2.18. The SMILES string of the molecule is N#CCc1ccc(NC(=O)/C=C/c2ccc3c(c2)OCCO3)cc1. The first-order chi connectivity index (χ1) is 11.7. The second kappa shape index (κ2) is 7.34. The molecule has 2 aromatic rings. The second-order valence-corrected chi connectivity index (χ2v) is 5.26. The highest BCUT2D eigenvalue weighted by atomic mass is 16.6. The number of benzene rings is 2. The van der Waals surface area contributed by atoms with Crippen LogP contribution in [0.1, 0.15) is 11.1 Å². The summed E-state index contributed by atoms with van der Waals surface area (Å²) in [4.78, 5) is 12.0. The Morgan fingerprint density at radius 1 is 1.12 bits per heavy atom. The lowest BCUT2D eigenvalue weighted by molar-refractivity contribution is -0.111. The average molecular weight is 320 g/mol. The van der Waals surface area contributed by atoms with Crippen molar-refractivity contribution in [2.75, 3.05) is 18.5 Å². The fourth-order valence-corrected chi connectivity index (χ4v) is 2.32. The number of hydrogen-bond acceptors (Lipinski definition) is 4. The fourth-order valence-electron chi connectivity index (χ4n) is 2.32.